The van der Waals surface area contributed by atoms with Crippen LogP contribution in [0.3, 0.4) is 0 Å². The molecule has 8 heteroatoms. The molecule has 1 aromatic heterocycles. The van der Waals surface area contributed by atoms with Gasteiger partial charge in [0.25, 0.3) is 0 Å². The maximum Gasteiger partial charge on any atom is 0.191 e. The second-order valence-electron chi connectivity index (χ2n) is 7.41. The molecule has 0 radical (unpaired) electrons. The number of ether oxygens (including phenoxy) is 1. The van der Waals surface area contributed by atoms with Crippen LogP contribution < -0.4 is 15.4 Å². The number of hydrogen-bond donors (Lipinski definition) is 2. The fraction of sp³-hybridized carbons (Fsp3) is 0.545. The minimum Gasteiger partial charge on any atom is -0.497 e. The van der Waals surface area contributed by atoms with Gasteiger partial charge in [-0.1, -0.05) is 12.1 Å². The number of aliphatic imine (C=N–C) groups is 1. The number of rotatable bonds is 8. The van der Waals surface area contributed by atoms with Crippen molar-refractivity contribution < 1.29 is 4.74 Å². The van der Waals surface area contributed by atoms with Gasteiger partial charge >= 0.3 is 0 Å². The molecule has 1 atom stereocenters. The van der Waals surface area contributed by atoms with Crippen molar-refractivity contribution in [2.24, 2.45) is 4.99 Å². The topological polar surface area (TPSA) is 61.8 Å². The number of hydrogen-bond acceptors (Lipinski definition) is 5. The average molecular weight is 544 g/mol. The quantitative estimate of drug-likeness (QED) is 0.300. The number of guanidine groups is 1. The van der Waals surface area contributed by atoms with E-state index in [0.29, 0.717) is 6.04 Å². The lowest BCUT2D eigenvalue weighted by Gasteiger charge is -2.29. The van der Waals surface area contributed by atoms with Gasteiger partial charge in [0, 0.05) is 31.4 Å². The highest BCUT2D eigenvalue weighted by Gasteiger charge is 2.23. The molecular weight excluding hydrogens is 509 g/mol. The van der Waals surface area contributed by atoms with Crippen molar-refractivity contribution in [1.82, 2.24) is 20.5 Å². The van der Waals surface area contributed by atoms with Crippen LogP contribution in [-0.4, -0.2) is 56.2 Å². The summed E-state index contributed by atoms with van der Waals surface area (Å²) in [6, 6.07) is 8.76. The minimum absolute atomic E-state index is 0. The smallest absolute Gasteiger partial charge is 0.191 e. The molecule has 1 unspecified atom stereocenters. The summed E-state index contributed by atoms with van der Waals surface area (Å²) in [5.74, 6) is 1.74. The van der Waals surface area contributed by atoms with Crippen molar-refractivity contribution in [2.75, 3.05) is 40.3 Å². The van der Waals surface area contributed by atoms with Crippen molar-refractivity contribution in [3.63, 3.8) is 0 Å². The van der Waals surface area contributed by atoms with Crippen LogP contribution >= 0.6 is 35.3 Å². The third-order valence-corrected chi connectivity index (χ3v) is 6.61. The molecule has 1 aliphatic heterocycles. The van der Waals surface area contributed by atoms with Crippen molar-refractivity contribution in [2.45, 2.75) is 39.2 Å². The number of benzene rings is 1. The molecule has 0 spiro atoms. The van der Waals surface area contributed by atoms with E-state index in [2.05, 4.69) is 51.5 Å². The van der Waals surface area contributed by atoms with Crippen LogP contribution in [-0.2, 0) is 6.42 Å². The van der Waals surface area contributed by atoms with Crippen molar-refractivity contribution in [3.05, 3.63) is 45.4 Å². The van der Waals surface area contributed by atoms with E-state index in [1.165, 1.54) is 28.3 Å². The first kappa shape index (κ1) is 24.9. The molecule has 6 nitrogen and oxygen atoms in total. The first-order valence-electron chi connectivity index (χ1n) is 10.4. The van der Waals surface area contributed by atoms with E-state index < -0.39 is 0 Å². The first-order chi connectivity index (χ1) is 14.1. The highest BCUT2D eigenvalue weighted by molar-refractivity contribution is 14.0. The fourth-order valence-corrected chi connectivity index (χ4v) is 4.62. The van der Waals surface area contributed by atoms with Crippen molar-refractivity contribution >= 4 is 41.3 Å². The number of nitrogens with zero attached hydrogens (tertiary/aromatic N) is 3. The Morgan fingerprint density at radius 3 is 2.47 bits per heavy atom. The summed E-state index contributed by atoms with van der Waals surface area (Å²) in [7, 11) is 3.53. The van der Waals surface area contributed by atoms with Gasteiger partial charge in [-0.05, 0) is 57.5 Å². The zero-order valence-electron chi connectivity index (χ0n) is 18.4. The van der Waals surface area contributed by atoms with Crippen molar-refractivity contribution in [1.29, 1.82) is 0 Å². The molecule has 2 aromatic rings. The van der Waals surface area contributed by atoms with Crippen molar-refractivity contribution in [3.8, 4) is 5.75 Å². The summed E-state index contributed by atoms with van der Waals surface area (Å²) in [5.41, 5.74) is 2.45. The third kappa shape index (κ3) is 6.81. The second-order valence-corrected chi connectivity index (χ2v) is 8.70. The van der Waals surface area contributed by atoms with Crippen LogP contribution in [0.5, 0.6) is 5.75 Å². The van der Waals surface area contributed by atoms with E-state index in [4.69, 9.17) is 4.74 Å². The predicted molar refractivity (Wildman–Crippen MR) is 137 cm³/mol. The number of nitrogens with one attached hydrogen (secondary N) is 2. The summed E-state index contributed by atoms with van der Waals surface area (Å²) in [5, 5.41) is 8.13. The van der Waals surface area contributed by atoms with E-state index >= 15 is 0 Å². The van der Waals surface area contributed by atoms with E-state index in [1.54, 1.807) is 18.4 Å². The van der Waals surface area contributed by atoms with Gasteiger partial charge in [-0.25, -0.2) is 4.98 Å². The Balaban J connectivity index is 0.00000320. The third-order valence-electron chi connectivity index (χ3n) is 5.47. The molecule has 0 bridgehead atoms. The number of methoxy groups -OCH3 is 1. The summed E-state index contributed by atoms with van der Waals surface area (Å²) in [4.78, 5) is 12.9. The Kier molecular flexibility index (Phi) is 10.3. The Bertz CT molecular complexity index is 783. The number of likely N-dealkylation sites (tertiary alicyclic amines) is 1. The molecule has 30 heavy (non-hydrogen) atoms. The molecule has 166 valence electrons. The maximum absolute atomic E-state index is 5.32. The van der Waals surface area contributed by atoms with Gasteiger partial charge in [0.15, 0.2) is 5.96 Å². The lowest BCUT2D eigenvalue weighted by Crippen LogP contribution is -2.43. The molecule has 3 rings (SSSR count). The maximum atomic E-state index is 5.32. The lowest BCUT2D eigenvalue weighted by molar-refractivity contribution is 0.245. The van der Waals surface area contributed by atoms with Crippen LogP contribution in [0.4, 0.5) is 0 Å². The number of aryl methyl sites for hydroxylation is 2. The fourth-order valence-electron chi connectivity index (χ4n) is 3.68. The second kappa shape index (κ2) is 12.5. The number of aromatic nitrogens is 1. The molecule has 0 aliphatic carbocycles. The van der Waals surface area contributed by atoms with Crippen LogP contribution in [0.15, 0.2) is 29.3 Å². The van der Waals surface area contributed by atoms with Crippen LogP contribution in [0.25, 0.3) is 0 Å². The number of thiazole rings is 1. The summed E-state index contributed by atoms with van der Waals surface area (Å²) in [6.45, 7) is 8.13. The van der Waals surface area contributed by atoms with Crippen LogP contribution in [0.2, 0.25) is 0 Å². The summed E-state index contributed by atoms with van der Waals surface area (Å²) < 4.78 is 5.32. The van der Waals surface area contributed by atoms with Gasteiger partial charge < -0.3 is 15.4 Å². The van der Waals surface area contributed by atoms with E-state index in [9.17, 15) is 0 Å². The van der Waals surface area contributed by atoms with Gasteiger partial charge in [0.2, 0.25) is 0 Å². The summed E-state index contributed by atoms with van der Waals surface area (Å²) in [6.07, 6.45) is 3.45. The van der Waals surface area contributed by atoms with Crippen LogP contribution in [0, 0.1) is 13.8 Å². The van der Waals surface area contributed by atoms with Gasteiger partial charge in [-0.15, -0.1) is 35.3 Å². The van der Waals surface area contributed by atoms with Gasteiger partial charge in [0.1, 0.15) is 5.75 Å². The van der Waals surface area contributed by atoms with E-state index in [-0.39, 0.29) is 24.0 Å². The molecule has 1 fully saturated rings. The minimum atomic E-state index is 0. The van der Waals surface area contributed by atoms with E-state index in [1.807, 2.05) is 19.2 Å². The lowest BCUT2D eigenvalue weighted by atomic mass is 10.1. The number of halogens is 1. The standard InChI is InChI=1S/C22H33N5OS.HI/c1-16-17(2)29-21(26-16)11-12-24-22(23-3)25-15-20(27-13-5-6-14-27)18-7-9-19(28-4)10-8-18;/h7-10,20H,5-6,11-15H2,1-4H3,(H2,23,24,25);1H. The summed E-state index contributed by atoms with van der Waals surface area (Å²) >= 11 is 1.78. The molecule has 1 aliphatic rings. The Labute approximate surface area is 201 Å². The monoisotopic (exact) mass is 543 g/mol. The Hall–Kier alpha value is -1.39. The average Bonchev–Trinajstić information content (AvgIpc) is 3.37. The first-order valence-corrected chi connectivity index (χ1v) is 11.2. The highest BCUT2D eigenvalue weighted by Crippen LogP contribution is 2.26. The normalized spacial score (nSPS) is 15.5. The molecule has 1 saturated heterocycles. The Morgan fingerprint density at radius 1 is 1.20 bits per heavy atom. The molecule has 2 heterocycles. The highest BCUT2D eigenvalue weighted by atomic mass is 127. The van der Waals surface area contributed by atoms with Gasteiger partial charge in [0.05, 0.1) is 23.9 Å². The van der Waals surface area contributed by atoms with Gasteiger partial charge in [-0.3, -0.25) is 9.89 Å². The molecule has 0 amide bonds. The molecular formula is C22H34IN5OS. The predicted octanol–water partition coefficient (Wildman–Crippen LogP) is 3.93. The van der Waals surface area contributed by atoms with Gasteiger partial charge in [-0.2, -0.15) is 0 Å². The van der Waals surface area contributed by atoms with Crippen LogP contribution in [0.1, 0.15) is 40.0 Å². The SMILES string of the molecule is CN=C(NCCc1nc(C)c(C)s1)NCC(c1ccc(OC)cc1)N1CCCC1.I. The Morgan fingerprint density at radius 2 is 1.90 bits per heavy atom. The zero-order chi connectivity index (χ0) is 20.6. The zero-order valence-corrected chi connectivity index (χ0v) is 21.5. The van der Waals surface area contributed by atoms with E-state index in [0.717, 1.165) is 50.0 Å². The largest absolute Gasteiger partial charge is 0.497 e. The molecule has 2 N–H and O–H groups in total. The molecule has 0 saturated carbocycles. The molecule has 1 aromatic carbocycles.